The fourth-order valence-electron chi connectivity index (χ4n) is 1.55. The lowest BCUT2D eigenvalue weighted by Crippen LogP contribution is -2.15. The number of carbonyl (C=O) groups is 1. The van der Waals surface area contributed by atoms with E-state index in [1.54, 1.807) is 6.07 Å². The average molecular weight is 345 g/mol. The van der Waals surface area contributed by atoms with Crippen LogP contribution in [0.3, 0.4) is 0 Å². The third-order valence-electron chi connectivity index (χ3n) is 2.54. The molecule has 1 amide bonds. The molecule has 0 bridgehead atoms. The predicted octanol–water partition coefficient (Wildman–Crippen LogP) is 3.70. The van der Waals surface area contributed by atoms with Gasteiger partial charge in [-0.05, 0) is 30.3 Å². The highest BCUT2D eigenvalue weighted by atomic mass is 79.9. The third-order valence-corrected chi connectivity index (χ3v) is 3.03. The van der Waals surface area contributed by atoms with Crippen LogP contribution in [-0.4, -0.2) is 5.91 Å². The molecule has 2 aromatic rings. The van der Waals surface area contributed by atoms with E-state index in [2.05, 4.69) is 21.2 Å². The summed E-state index contributed by atoms with van der Waals surface area (Å²) in [6.45, 7) is 0. The quantitative estimate of drug-likeness (QED) is 0.644. The van der Waals surface area contributed by atoms with Gasteiger partial charge in [0.25, 0.3) is 5.91 Å². The van der Waals surface area contributed by atoms with E-state index in [9.17, 15) is 18.0 Å². The lowest BCUT2D eigenvalue weighted by molar-refractivity contribution is 0.102. The summed E-state index contributed by atoms with van der Waals surface area (Å²) in [4.78, 5) is 11.9. The number of benzene rings is 2. The summed E-state index contributed by atoms with van der Waals surface area (Å²) in [5.41, 5.74) is 5.45. The van der Waals surface area contributed by atoms with Gasteiger partial charge < -0.3 is 11.1 Å². The topological polar surface area (TPSA) is 55.1 Å². The molecule has 2 rings (SSSR count). The van der Waals surface area contributed by atoms with E-state index >= 15 is 0 Å². The monoisotopic (exact) mass is 344 g/mol. The van der Waals surface area contributed by atoms with E-state index in [4.69, 9.17) is 5.73 Å². The Morgan fingerprint density at radius 3 is 2.45 bits per heavy atom. The van der Waals surface area contributed by atoms with Crippen molar-refractivity contribution in [3.8, 4) is 0 Å². The Kier molecular flexibility index (Phi) is 3.99. The van der Waals surface area contributed by atoms with E-state index in [0.29, 0.717) is 4.47 Å². The minimum absolute atomic E-state index is 0.0948. The zero-order chi connectivity index (χ0) is 14.9. The first-order valence-corrected chi connectivity index (χ1v) is 6.19. The summed E-state index contributed by atoms with van der Waals surface area (Å²) < 4.78 is 39.9. The number of amides is 1. The van der Waals surface area contributed by atoms with Crippen molar-refractivity contribution < 1.29 is 18.0 Å². The molecule has 0 aliphatic heterocycles. The molecule has 0 unspecified atom stereocenters. The van der Waals surface area contributed by atoms with Gasteiger partial charge in [0.1, 0.15) is 0 Å². The molecule has 0 spiro atoms. The van der Waals surface area contributed by atoms with Crippen molar-refractivity contribution in [2.24, 2.45) is 0 Å². The molecule has 3 nitrogen and oxygen atoms in total. The Bertz CT molecular complexity index is 692. The molecule has 20 heavy (non-hydrogen) atoms. The molecule has 3 N–H and O–H groups in total. The summed E-state index contributed by atoms with van der Waals surface area (Å²) in [6.07, 6.45) is 0. The molecule has 0 radical (unpaired) electrons. The maximum atomic E-state index is 13.4. The number of nitrogens with two attached hydrogens (primary N) is 1. The zero-order valence-electron chi connectivity index (χ0n) is 9.88. The molecular weight excluding hydrogens is 337 g/mol. The minimum atomic E-state index is -1.65. The Morgan fingerprint density at radius 1 is 1.10 bits per heavy atom. The highest BCUT2D eigenvalue weighted by Crippen LogP contribution is 2.23. The molecule has 0 atom stereocenters. The molecule has 0 aliphatic carbocycles. The molecule has 0 fully saturated rings. The molecular formula is C13H8BrF3N2O. The number of anilines is 2. The molecule has 0 aliphatic rings. The Hall–Kier alpha value is -2.02. The second-order valence-corrected chi connectivity index (χ2v) is 4.82. The van der Waals surface area contributed by atoms with Crippen molar-refractivity contribution in [3.05, 3.63) is 57.8 Å². The van der Waals surface area contributed by atoms with Crippen molar-refractivity contribution in [2.45, 2.75) is 0 Å². The number of nitrogen functional groups attached to an aromatic ring is 1. The molecule has 2 aromatic carbocycles. The standard InChI is InChI=1S/C13H8BrF3N2O/c14-6-1-2-7(9(18)5-6)13(20)19-10-4-3-8(15)11(16)12(10)17/h1-5H,18H2,(H,19,20). The molecule has 0 heterocycles. The Balaban J connectivity index is 2.30. The number of carbonyl (C=O) groups excluding carboxylic acids is 1. The van der Waals surface area contributed by atoms with Crippen molar-refractivity contribution >= 4 is 33.2 Å². The lowest BCUT2D eigenvalue weighted by Gasteiger charge is -2.09. The number of rotatable bonds is 2. The first-order valence-electron chi connectivity index (χ1n) is 5.40. The second-order valence-electron chi connectivity index (χ2n) is 3.91. The largest absolute Gasteiger partial charge is 0.398 e. The Morgan fingerprint density at radius 2 is 1.80 bits per heavy atom. The first-order chi connectivity index (χ1) is 9.40. The van der Waals surface area contributed by atoms with Crippen LogP contribution in [0.1, 0.15) is 10.4 Å². The number of hydrogen-bond donors (Lipinski definition) is 2. The molecule has 0 aromatic heterocycles. The van der Waals surface area contributed by atoms with Gasteiger partial charge in [0.05, 0.1) is 11.3 Å². The van der Waals surface area contributed by atoms with Crippen LogP contribution in [-0.2, 0) is 0 Å². The summed E-state index contributed by atoms with van der Waals surface area (Å²) in [5.74, 6) is -5.16. The summed E-state index contributed by atoms with van der Waals surface area (Å²) in [7, 11) is 0. The maximum absolute atomic E-state index is 13.4. The predicted molar refractivity (Wildman–Crippen MR) is 72.8 cm³/mol. The van der Waals surface area contributed by atoms with Crippen LogP contribution in [0, 0.1) is 17.5 Å². The van der Waals surface area contributed by atoms with Crippen molar-refractivity contribution in [3.63, 3.8) is 0 Å². The fourth-order valence-corrected chi connectivity index (χ4v) is 1.93. The van der Waals surface area contributed by atoms with E-state index < -0.39 is 29.0 Å². The summed E-state index contributed by atoms with van der Waals surface area (Å²) in [5, 5.41) is 2.14. The highest BCUT2D eigenvalue weighted by Gasteiger charge is 2.17. The molecule has 0 saturated carbocycles. The molecule has 0 saturated heterocycles. The van der Waals surface area contributed by atoms with E-state index in [0.717, 1.165) is 12.1 Å². The van der Waals surface area contributed by atoms with Gasteiger partial charge in [-0.3, -0.25) is 4.79 Å². The van der Waals surface area contributed by atoms with Gasteiger partial charge in [0.15, 0.2) is 17.5 Å². The highest BCUT2D eigenvalue weighted by molar-refractivity contribution is 9.10. The zero-order valence-corrected chi connectivity index (χ0v) is 11.5. The fraction of sp³-hybridized carbons (Fsp3) is 0. The SMILES string of the molecule is Nc1cc(Br)ccc1C(=O)Nc1ccc(F)c(F)c1F. The lowest BCUT2D eigenvalue weighted by atomic mass is 10.1. The van der Waals surface area contributed by atoms with Gasteiger partial charge in [-0.25, -0.2) is 13.2 Å². The van der Waals surface area contributed by atoms with Gasteiger partial charge in [-0.15, -0.1) is 0 Å². The van der Waals surface area contributed by atoms with Crippen molar-refractivity contribution in [1.29, 1.82) is 0 Å². The van der Waals surface area contributed by atoms with Gasteiger partial charge in [-0.2, -0.15) is 0 Å². The van der Waals surface area contributed by atoms with Gasteiger partial charge in [-0.1, -0.05) is 15.9 Å². The van der Waals surface area contributed by atoms with E-state index in [1.807, 2.05) is 0 Å². The maximum Gasteiger partial charge on any atom is 0.257 e. The normalized spacial score (nSPS) is 10.4. The van der Waals surface area contributed by atoms with Gasteiger partial charge in [0.2, 0.25) is 0 Å². The van der Waals surface area contributed by atoms with Crippen LogP contribution in [0.15, 0.2) is 34.8 Å². The van der Waals surface area contributed by atoms with Crippen molar-refractivity contribution in [1.82, 2.24) is 0 Å². The minimum Gasteiger partial charge on any atom is -0.398 e. The summed E-state index contributed by atoms with van der Waals surface area (Å²) in [6, 6.07) is 6.15. The van der Waals surface area contributed by atoms with Crippen LogP contribution in [0.2, 0.25) is 0 Å². The number of nitrogens with one attached hydrogen (secondary N) is 1. The van der Waals surface area contributed by atoms with Crippen LogP contribution in [0.25, 0.3) is 0 Å². The second kappa shape index (κ2) is 5.54. The third kappa shape index (κ3) is 2.77. The van der Waals surface area contributed by atoms with Crippen LogP contribution in [0.5, 0.6) is 0 Å². The summed E-state index contributed by atoms with van der Waals surface area (Å²) >= 11 is 3.18. The van der Waals surface area contributed by atoms with Gasteiger partial charge >= 0.3 is 0 Å². The molecule has 104 valence electrons. The smallest absolute Gasteiger partial charge is 0.257 e. The van der Waals surface area contributed by atoms with E-state index in [-0.39, 0.29) is 11.3 Å². The van der Waals surface area contributed by atoms with Crippen LogP contribution >= 0.6 is 15.9 Å². The Labute approximate surface area is 120 Å². The van der Waals surface area contributed by atoms with Crippen LogP contribution < -0.4 is 11.1 Å². The van der Waals surface area contributed by atoms with Gasteiger partial charge in [0, 0.05) is 10.2 Å². The number of hydrogen-bond acceptors (Lipinski definition) is 2. The van der Waals surface area contributed by atoms with E-state index in [1.165, 1.54) is 12.1 Å². The number of halogens is 4. The first kappa shape index (κ1) is 14.4. The van der Waals surface area contributed by atoms with Crippen molar-refractivity contribution in [2.75, 3.05) is 11.1 Å². The molecule has 7 heteroatoms. The van der Waals surface area contributed by atoms with Crippen LogP contribution in [0.4, 0.5) is 24.5 Å². The average Bonchev–Trinajstić information content (AvgIpc) is 2.39.